The van der Waals surface area contributed by atoms with Crippen molar-refractivity contribution in [3.63, 3.8) is 0 Å². The lowest BCUT2D eigenvalue weighted by molar-refractivity contribution is -0.137. The van der Waals surface area contributed by atoms with Crippen LogP contribution in [0.2, 0.25) is 0 Å². The van der Waals surface area contributed by atoms with Crippen molar-refractivity contribution >= 4 is 17.6 Å². The van der Waals surface area contributed by atoms with Crippen LogP contribution in [0.15, 0.2) is 24.3 Å². The fraction of sp³-hybridized carbons (Fsp3) is 0.300. The van der Waals surface area contributed by atoms with E-state index in [2.05, 4.69) is 0 Å². The Kier molecular flexibility index (Phi) is 3.77. The summed E-state index contributed by atoms with van der Waals surface area (Å²) in [7, 11) is 1.56. The number of benzene rings is 1. The smallest absolute Gasteiger partial charge is 0.305 e. The quantitative estimate of drug-likeness (QED) is 0.784. The van der Waals surface area contributed by atoms with Crippen molar-refractivity contribution in [2.75, 3.05) is 7.11 Å². The number of hydrogen-bond donors (Lipinski definition) is 1. The number of alkyl halides is 1. The second-order valence-corrected chi connectivity index (χ2v) is 3.37. The van der Waals surface area contributed by atoms with E-state index < -0.39 is 11.3 Å². The summed E-state index contributed by atoms with van der Waals surface area (Å²) in [5.74, 6) is -0.230. The van der Waals surface area contributed by atoms with Gasteiger partial charge in [0.2, 0.25) is 0 Å². The summed E-state index contributed by atoms with van der Waals surface area (Å²) in [6, 6.07) is 7.09. The highest BCUT2D eigenvalue weighted by Gasteiger charge is 2.12. The fourth-order valence-corrected chi connectivity index (χ4v) is 1.38. The predicted molar refractivity (Wildman–Crippen MR) is 53.8 cm³/mol. The molecule has 1 aromatic carbocycles. The van der Waals surface area contributed by atoms with Gasteiger partial charge in [0.25, 0.3) is 0 Å². The predicted octanol–water partition coefficient (Wildman–Crippen LogP) is 2.45. The van der Waals surface area contributed by atoms with Gasteiger partial charge in [0.15, 0.2) is 0 Å². The number of carboxylic acid groups (broad SMARTS) is 1. The number of carbonyl (C=O) groups is 1. The van der Waals surface area contributed by atoms with Gasteiger partial charge in [-0.2, -0.15) is 0 Å². The van der Waals surface area contributed by atoms with Gasteiger partial charge in [-0.25, -0.2) is 0 Å². The summed E-state index contributed by atoms with van der Waals surface area (Å²) in [5.41, 5.74) is 0.758. The molecule has 1 unspecified atom stereocenters. The average molecular weight is 215 g/mol. The van der Waals surface area contributed by atoms with Crippen molar-refractivity contribution in [2.24, 2.45) is 0 Å². The first-order valence-corrected chi connectivity index (χ1v) is 4.57. The van der Waals surface area contributed by atoms with Crippen LogP contribution in [0.4, 0.5) is 0 Å². The van der Waals surface area contributed by atoms with E-state index in [-0.39, 0.29) is 6.42 Å². The van der Waals surface area contributed by atoms with Crippen molar-refractivity contribution in [3.8, 4) is 5.75 Å². The van der Waals surface area contributed by atoms with Crippen molar-refractivity contribution in [2.45, 2.75) is 11.8 Å². The standard InChI is InChI=1S/C10H11ClO3/c1-14-8-4-2-3-7(5-8)9(11)6-10(12)13/h2-5,9H,6H2,1H3,(H,12,13). The summed E-state index contributed by atoms with van der Waals surface area (Å²) < 4.78 is 5.00. The first kappa shape index (κ1) is 10.9. The maximum Gasteiger partial charge on any atom is 0.305 e. The van der Waals surface area contributed by atoms with E-state index in [0.29, 0.717) is 5.75 Å². The van der Waals surface area contributed by atoms with E-state index in [0.717, 1.165) is 5.56 Å². The molecule has 1 rings (SSSR count). The van der Waals surface area contributed by atoms with Gasteiger partial charge in [0, 0.05) is 0 Å². The molecule has 0 aliphatic rings. The van der Waals surface area contributed by atoms with Crippen LogP contribution in [0, 0.1) is 0 Å². The Morgan fingerprint density at radius 3 is 2.93 bits per heavy atom. The van der Waals surface area contributed by atoms with Gasteiger partial charge in [0.1, 0.15) is 5.75 Å². The lowest BCUT2D eigenvalue weighted by atomic mass is 10.1. The molecule has 0 aliphatic heterocycles. The molecule has 1 N–H and O–H groups in total. The van der Waals surface area contributed by atoms with E-state index in [1.165, 1.54) is 0 Å². The molecule has 14 heavy (non-hydrogen) atoms. The molecule has 0 heterocycles. The zero-order valence-corrected chi connectivity index (χ0v) is 8.49. The van der Waals surface area contributed by atoms with Crippen molar-refractivity contribution in [3.05, 3.63) is 29.8 Å². The minimum atomic E-state index is -0.909. The molecule has 1 aromatic rings. The molecule has 0 saturated carbocycles. The number of methoxy groups -OCH3 is 1. The third-order valence-electron chi connectivity index (χ3n) is 1.81. The second-order valence-electron chi connectivity index (χ2n) is 2.84. The average Bonchev–Trinajstić information content (AvgIpc) is 2.17. The number of aliphatic carboxylic acids is 1. The van der Waals surface area contributed by atoms with E-state index in [9.17, 15) is 4.79 Å². The highest BCUT2D eigenvalue weighted by Crippen LogP contribution is 2.26. The van der Waals surface area contributed by atoms with Gasteiger partial charge < -0.3 is 9.84 Å². The van der Waals surface area contributed by atoms with Crippen molar-refractivity contribution < 1.29 is 14.6 Å². The van der Waals surface area contributed by atoms with Crippen LogP contribution in [-0.4, -0.2) is 18.2 Å². The highest BCUT2D eigenvalue weighted by molar-refractivity contribution is 6.21. The van der Waals surface area contributed by atoms with Crippen LogP contribution in [0.25, 0.3) is 0 Å². The molecular formula is C10H11ClO3. The monoisotopic (exact) mass is 214 g/mol. The fourth-order valence-electron chi connectivity index (χ4n) is 1.11. The summed E-state index contributed by atoms with van der Waals surface area (Å²) in [6.07, 6.45) is -0.0886. The van der Waals surface area contributed by atoms with Gasteiger partial charge in [-0.1, -0.05) is 12.1 Å². The maximum atomic E-state index is 10.4. The Bertz CT molecular complexity index is 325. The first-order chi connectivity index (χ1) is 6.63. The summed E-state index contributed by atoms with van der Waals surface area (Å²) in [6.45, 7) is 0. The van der Waals surface area contributed by atoms with E-state index >= 15 is 0 Å². The SMILES string of the molecule is COc1cccc(C(Cl)CC(=O)O)c1. The molecule has 3 nitrogen and oxygen atoms in total. The third-order valence-corrected chi connectivity index (χ3v) is 2.22. The Morgan fingerprint density at radius 2 is 2.36 bits per heavy atom. The Hall–Kier alpha value is -1.22. The largest absolute Gasteiger partial charge is 0.497 e. The molecule has 4 heteroatoms. The molecule has 0 fully saturated rings. The van der Waals surface area contributed by atoms with Crippen LogP contribution in [0.3, 0.4) is 0 Å². The zero-order valence-electron chi connectivity index (χ0n) is 7.74. The Labute approximate surface area is 87.3 Å². The number of rotatable bonds is 4. The zero-order chi connectivity index (χ0) is 10.6. The van der Waals surface area contributed by atoms with Crippen molar-refractivity contribution in [1.29, 1.82) is 0 Å². The Morgan fingerprint density at radius 1 is 1.64 bits per heavy atom. The molecule has 0 radical (unpaired) electrons. The van der Waals surface area contributed by atoms with Crippen LogP contribution in [0.1, 0.15) is 17.4 Å². The number of ether oxygens (including phenoxy) is 1. The molecule has 0 bridgehead atoms. The minimum absolute atomic E-state index is 0.0886. The lowest BCUT2D eigenvalue weighted by Crippen LogP contribution is -2.00. The normalized spacial score (nSPS) is 12.1. The molecule has 0 aliphatic carbocycles. The number of carboxylic acids is 1. The molecule has 1 atom stereocenters. The summed E-state index contributed by atoms with van der Waals surface area (Å²) in [4.78, 5) is 10.4. The summed E-state index contributed by atoms with van der Waals surface area (Å²) >= 11 is 5.89. The summed E-state index contributed by atoms with van der Waals surface area (Å²) in [5, 5.41) is 8.04. The Balaban J connectivity index is 2.78. The van der Waals surface area contributed by atoms with Gasteiger partial charge in [-0.05, 0) is 17.7 Å². The molecular weight excluding hydrogens is 204 g/mol. The molecule has 76 valence electrons. The van der Waals surface area contributed by atoms with E-state index in [1.807, 2.05) is 0 Å². The lowest BCUT2D eigenvalue weighted by Gasteiger charge is -2.08. The van der Waals surface area contributed by atoms with E-state index in [4.69, 9.17) is 21.4 Å². The third kappa shape index (κ3) is 2.92. The molecule has 0 aromatic heterocycles. The maximum absolute atomic E-state index is 10.4. The van der Waals surface area contributed by atoms with Crippen LogP contribution in [0.5, 0.6) is 5.75 Å². The second kappa shape index (κ2) is 4.86. The molecule has 0 amide bonds. The molecule has 0 spiro atoms. The van der Waals surface area contributed by atoms with E-state index in [1.54, 1.807) is 31.4 Å². The first-order valence-electron chi connectivity index (χ1n) is 4.13. The number of halogens is 1. The van der Waals surface area contributed by atoms with Crippen LogP contribution < -0.4 is 4.74 Å². The van der Waals surface area contributed by atoms with Crippen LogP contribution in [-0.2, 0) is 4.79 Å². The van der Waals surface area contributed by atoms with Crippen LogP contribution >= 0.6 is 11.6 Å². The molecule has 0 saturated heterocycles. The topological polar surface area (TPSA) is 46.5 Å². The minimum Gasteiger partial charge on any atom is -0.497 e. The number of hydrogen-bond acceptors (Lipinski definition) is 2. The van der Waals surface area contributed by atoms with Gasteiger partial charge in [-0.15, -0.1) is 11.6 Å². The highest BCUT2D eigenvalue weighted by atomic mass is 35.5. The van der Waals surface area contributed by atoms with Gasteiger partial charge in [-0.3, -0.25) is 4.79 Å². The van der Waals surface area contributed by atoms with Crippen molar-refractivity contribution in [1.82, 2.24) is 0 Å². The van der Waals surface area contributed by atoms with Gasteiger partial charge in [0.05, 0.1) is 18.9 Å². The van der Waals surface area contributed by atoms with Gasteiger partial charge >= 0.3 is 5.97 Å².